The number of fused-ring (bicyclic) bond motifs is 2. The van der Waals surface area contributed by atoms with Crippen molar-refractivity contribution in [3.63, 3.8) is 0 Å². The van der Waals surface area contributed by atoms with Gasteiger partial charge in [-0.05, 0) is 59.1 Å². The summed E-state index contributed by atoms with van der Waals surface area (Å²) in [5, 5.41) is 3.37. The fourth-order valence-corrected chi connectivity index (χ4v) is 5.00. The van der Waals surface area contributed by atoms with Crippen LogP contribution in [-0.2, 0) is 16.2 Å². The van der Waals surface area contributed by atoms with Gasteiger partial charge in [-0.15, -0.1) is 0 Å². The van der Waals surface area contributed by atoms with Gasteiger partial charge in [0.1, 0.15) is 5.75 Å². The molecular formula is C32H41NO. The normalized spacial score (nSPS) is 14.8. The van der Waals surface area contributed by atoms with Gasteiger partial charge in [0, 0.05) is 29.2 Å². The van der Waals surface area contributed by atoms with E-state index < -0.39 is 0 Å². The monoisotopic (exact) mass is 455 g/mol. The molecule has 180 valence electrons. The number of benzene rings is 3. The third kappa shape index (κ3) is 4.13. The summed E-state index contributed by atoms with van der Waals surface area (Å²) in [4.78, 5) is 0. The van der Waals surface area contributed by atoms with Gasteiger partial charge >= 0.3 is 0 Å². The lowest BCUT2D eigenvalue weighted by atomic mass is 9.71. The molecule has 2 heteroatoms. The van der Waals surface area contributed by atoms with E-state index in [2.05, 4.69) is 117 Å². The van der Waals surface area contributed by atoms with Gasteiger partial charge in [-0.2, -0.15) is 0 Å². The van der Waals surface area contributed by atoms with Crippen LogP contribution >= 0.6 is 0 Å². The van der Waals surface area contributed by atoms with E-state index in [-0.39, 0.29) is 16.2 Å². The van der Waals surface area contributed by atoms with Crippen LogP contribution in [0.4, 0.5) is 5.69 Å². The Kier molecular flexibility index (Phi) is 5.67. The topological polar surface area (TPSA) is 21.3 Å². The summed E-state index contributed by atoms with van der Waals surface area (Å²) in [5.74, 6) is 1.93. The Bertz CT molecular complexity index is 1270. The van der Waals surface area contributed by atoms with Gasteiger partial charge in [-0.3, -0.25) is 0 Å². The minimum absolute atomic E-state index is 0.0273. The summed E-state index contributed by atoms with van der Waals surface area (Å²) in [7, 11) is 1.97. The molecule has 2 nitrogen and oxygen atoms in total. The zero-order chi connectivity index (χ0) is 25.2. The Balaban J connectivity index is 2.08. The number of anilines is 1. The fourth-order valence-electron chi connectivity index (χ4n) is 5.00. The molecule has 0 unspecified atom stereocenters. The van der Waals surface area contributed by atoms with E-state index in [0.717, 1.165) is 17.2 Å². The second-order valence-corrected chi connectivity index (χ2v) is 12.7. The Hall–Kier alpha value is -2.74. The van der Waals surface area contributed by atoms with Crippen molar-refractivity contribution >= 4 is 5.69 Å². The maximum Gasteiger partial charge on any atom is 0.154 e. The van der Waals surface area contributed by atoms with Gasteiger partial charge in [0.25, 0.3) is 0 Å². The largest absolute Gasteiger partial charge is 0.454 e. The molecule has 0 saturated carbocycles. The summed E-state index contributed by atoms with van der Waals surface area (Å²) in [6.45, 7) is 22.7. The van der Waals surface area contributed by atoms with Crippen molar-refractivity contribution in [1.29, 1.82) is 0 Å². The predicted octanol–water partition coefficient (Wildman–Crippen LogP) is 9.04. The quantitative estimate of drug-likeness (QED) is 0.416. The molecular weight excluding hydrogens is 414 g/mol. The fraction of sp³-hybridized carbons (Fsp3) is 0.438. The van der Waals surface area contributed by atoms with Gasteiger partial charge in [0.05, 0.1) is 5.69 Å². The van der Waals surface area contributed by atoms with Crippen LogP contribution < -0.4 is 10.1 Å². The highest BCUT2D eigenvalue weighted by atomic mass is 16.5. The first-order valence-electron chi connectivity index (χ1n) is 12.4. The van der Waals surface area contributed by atoms with Crippen LogP contribution in [0.2, 0.25) is 0 Å². The predicted molar refractivity (Wildman–Crippen MR) is 147 cm³/mol. The third-order valence-corrected chi connectivity index (χ3v) is 7.26. The van der Waals surface area contributed by atoms with Crippen molar-refractivity contribution in [3.8, 4) is 22.6 Å². The molecule has 4 rings (SSSR count). The van der Waals surface area contributed by atoms with Crippen LogP contribution in [0.15, 0.2) is 42.5 Å². The number of aryl methyl sites for hydroxylation is 2. The highest BCUT2D eigenvalue weighted by Crippen LogP contribution is 2.55. The average molecular weight is 456 g/mol. The molecule has 1 N–H and O–H groups in total. The van der Waals surface area contributed by atoms with Crippen LogP contribution in [0.25, 0.3) is 11.1 Å². The molecule has 0 spiro atoms. The summed E-state index contributed by atoms with van der Waals surface area (Å²) in [6, 6.07) is 16.2. The number of ether oxygens (including phenoxy) is 1. The molecule has 0 radical (unpaired) electrons. The van der Waals surface area contributed by atoms with Crippen molar-refractivity contribution in [2.24, 2.45) is 0 Å². The molecule has 0 fully saturated rings. The van der Waals surface area contributed by atoms with E-state index in [9.17, 15) is 0 Å². The third-order valence-electron chi connectivity index (χ3n) is 7.26. The van der Waals surface area contributed by atoms with E-state index in [1.165, 1.54) is 44.5 Å². The van der Waals surface area contributed by atoms with Gasteiger partial charge < -0.3 is 10.1 Å². The molecule has 0 saturated heterocycles. The van der Waals surface area contributed by atoms with Gasteiger partial charge in [-0.25, -0.2) is 0 Å². The Labute approximate surface area is 206 Å². The SMILES string of the molecule is CNc1cc(C)cc2c1Oc1c(-c3cc(C)cc(C(C)(C)C)c3)cc(C(C)(C)C)cc1C2(C)C. The number of nitrogens with one attached hydrogen (secondary N) is 1. The molecule has 0 aliphatic carbocycles. The molecule has 0 aromatic heterocycles. The second kappa shape index (κ2) is 7.90. The maximum atomic E-state index is 6.85. The molecule has 3 aromatic rings. The number of rotatable bonds is 2. The van der Waals surface area contributed by atoms with E-state index in [1.54, 1.807) is 0 Å². The highest BCUT2D eigenvalue weighted by Gasteiger charge is 2.38. The lowest BCUT2D eigenvalue weighted by Crippen LogP contribution is -2.27. The summed E-state index contributed by atoms with van der Waals surface area (Å²) >= 11 is 0. The molecule has 0 atom stereocenters. The van der Waals surface area contributed by atoms with Crippen LogP contribution in [0, 0.1) is 13.8 Å². The van der Waals surface area contributed by atoms with Crippen molar-refractivity contribution in [1.82, 2.24) is 0 Å². The number of hydrogen-bond acceptors (Lipinski definition) is 2. The molecule has 34 heavy (non-hydrogen) atoms. The Morgan fingerprint density at radius 3 is 1.82 bits per heavy atom. The minimum atomic E-state index is -0.187. The van der Waals surface area contributed by atoms with E-state index in [1.807, 2.05) is 7.05 Å². The zero-order valence-electron chi connectivity index (χ0n) is 22.9. The van der Waals surface area contributed by atoms with Crippen molar-refractivity contribution in [2.45, 2.75) is 85.5 Å². The van der Waals surface area contributed by atoms with Gasteiger partial charge in [0.2, 0.25) is 0 Å². The Morgan fingerprint density at radius 2 is 1.24 bits per heavy atom. The van der Waals surface area contributed by atoms with E-state index in [4.69, 9.17) is 4.74 Å². The number of hydrogen-bond donors (Lipinski definition) is 1. The lowest BCUT2D eigenvalue weighted by Gasteiger charge is -2.38. The standard InChI is InChI=1S/C32H41NO/c1-19-12-21(16-22(13-19)30(3,4)5)24-17-23(31(6,7)8)18-26-28(24)34-29-25(32(26,9)10)14-20(2)15-27(29)33-11/h12-18,33H,1-11H3. The first-order chi connectivity index (χ1) is 15.6. The second-order valence-electron chi connectivity index (χ2n) is 12.7. The zero-order valence-corrected chi connectivity index (χ0v) is 22.9. The average Bonchev–Trinajstić information content (AvgIpc) is 2.71. The van der Waals surface area contributed by atoms with E-state index in [0.29, 0.717) is 0 Å². The van der Waals surface area contributed by atoms with Crippen molar-refractivity contribution < 1.29 is 4.74 Å². The van der Waals surface area contributed by atoms with Crippen LogP contribution in [0.5, 0.6) is 11.5 Å². The van der Waals surface area contributed by atoms with Crippen molar-refractivity contribution in [3.05, 3.63) is 75.8 Å². The summed E-state index contributed by atoms with van der Waals surface area (Å²) in [5.41, 5.74) is 11.1. The van der Waals surface area contributed by atoms with Crippen molar-refractivity contribution in [2.75, 3.05) is 12.4 Å². The van der Waals surface area contributed by atoms with Crippen LogP contribution in [0.3, 0.4) is 0 Å². The maximum absolute atomic E-state index is 6.85. The smallest absolute Gasteiger partial charge is 0.154 e. The lowest BCUT2D eigenvalue weighted by molar-refractivity contribution is 0.419. The Morgan fingerprint density at radius 1 is 0.676 bits per heavy atom. The first kappa shape index (κ1) is 24.4. The summed E-state index contributed by atoms with van der Waals surface area (Å²) < 4.78 is 6.85. The first-order valence-corrected chi connectivity index (χ1v) is 12.4. The minimum Gasteiger partial charge on any atom is -0.454 e. The molecule has 0 bridgehead atoms. The van der Waals surface area contributed by atoms with E-state index >= 15 is 0 Å². The van der Waals surface area contributed by atoms with Gasteiger partial charge in [-0.1, -0.05) is 91.3 Å². The molecule has 1 aliphatic rings. The molecule has 3 aromatic carbocycles. The highest BCUT2D eigenvalue weighted by molar-refractivity contribution is 5.80. The van der Waals surface area contributed by atoms with Gasteiger partial charge in [0.15, 0.2) is 5.75 Å². The van der Waals surface area contributed by atoms with Crippen LogP contribution in [-0.4, -0.2) is 7.05 Å². The molecule has 1 aliphatic heterocycles. The molecule has 0 amide bonds. The van der Waals surface area contributed by atoms with Crippen LogP contribution in [0.1, 0.15) is 88.8 Å². The summed E-state index contributed by atoms with van der Waals surface area (Å²) in [6.07, 6.45) is 0. The molecule has 1 heterocycles.